The molecule has 0 fully saturated rings. The highest BCUT2D eigenvalue weighted by Crippen LogP contribution is 2.20. The first-order valence-corrected chi connectivity index (χ1v) is 5.55. The van der Waals surface area contributed by atoms with Gasteiger partial charge in [0.25, 0.3) is 0 Å². The van der Waals surface area contributed by atoms with Crippen LogP contribution in [0.3, 0.4) is 0 Å². The highest BCUT2D eigenvalue weighted by Gasteiger charge is 2.13. The van der Waals surface area contributed by atoms with E-state index in [2.05, 4.69) is 5.10 Å². The Balaban J connectivity index is 1.93. The molecule has 4 nitrogen and oxygen atoms in total. The summed E-state index contributed by atoms with van der Waals surface area (Å²) in [5.74, 6) is 0.896. The van der Waals surface area contributed by atoms with Gasteiger partial charge in [0.1, 0.15) is 5.76 Å². The third kappa shape index (κ3) is 1.83. The van der Waals surface area contributed by atoms with E-state index in [0.29, 0.717) is 6.42 Å². The van der Waals surface area contributed by atoms with Crippen molar-refractivity contribution in [2.75, 3.05) is 0 Å². The van der Waals surface area contributed by atoms with E-state index in [4.69, 9.17) is 10.2 Å². The summed E-state index contributed by atoms with van der Waals surface area (Å²) in [4.78, 5) is 0. The molecular weight excluding hydrogens is 214 g/mol. The van der Waals surface area contributed by atoms with Gasteiger partial charge in [-0.2, -0.15) is 5.10 Å². The molecule has 3 rings (SSSR count). The van der Waals surface area contributed by atoms with Gasteiger partial charge >= 0.3 is 0 Å². The van der Waals surface area contributed by atoms with Gasteiger partial charge in [-0.15, -0.1) is 0 Å². The minimum Gasteiger partial charge on any atom is -0.469 e. The van der Waals surface area contributed by atoms with Gasteiger partial charge in [-0.3, -0.25) is 0 Å². The van der Waals surface area contributed by atoms with Crippen molar-refractivity contribution >= 4 is 5.52 Å². The quantitative estimate of drug-likeness (QED) is 0.746. The zero-order valence-corrected chi connectivity index (χ0v) is 9.28. The van der Waals surface area contributed by atoms with Crippen LogP contribution in [0.2, 0.25) is 0 Å². The molecule has 0 aliphatic carbocycles. The number of hydrogen-bond donors (Lipinski definition) is 1. The Hall–Kier alpha value is -2.07. The van der Waals surface area contributed by atoms with E-state index >= 15 is 0 Å². The van der Waals surface area contributed by atoms with Crippen LogP contribution in [0.1, 0.15) is 17.4 Å². The molecule has 0 saturated carbocycles. The second-order valence-electron chi connectivity index (χ2n) is 4.02. The highest BCUT2D eigenvalue weighted by molar-refractivity contribution is 5.54. The molecular formula is C13H13N3O. The first-order valence-electron chi connectivity index (χ1n) is 5.55. The Bertz CT molecular complexity index is 612. The maximum Gasteiger partial charge on any atom is 0.105 e. The molecule has 0 radical (unpaired) electrons. The number of fused-ring (bicyclic) bond motifs is 1. The lowest BCUT2D eigenvalue weighted by molar-refractivity contribution is 0.489. The topological polar surface area (TPSA) is 56.5 Å². The highest BCUT2D eigenvalue weighted by atomic mass is 16.3. The normalized spacial score (nSPS) is 13.0. The van der Waals surface area contributed by atoms with Crippen LogP contribution in [0.25, 0.3) is 5.52 Å². The lowest BCUT2D eigenvalue weighted by Crippen LogP contribution is -2.12. The second kappa shape index (κ2) is 4.07. The lowest BCUT2D eigenvalue weighted by Gasteiger charge is -2.08. The van der Waals surface area contributed by atoms with Crippen molar-refractivity contribution in [1.82, 2.24) is 9.61 Å². The lowest BCUT2D eigenvalue weighted by atomic mass is 10.1. The van der Waals surface area contributed by atoms with Gasteiger partial charge in [0.05, 0.1) is 18.0 Å². The minimum atomic E-state index is -0.0963. The van der Waals surface area contributed by atoms with Crippen molar-refractivity contribution in [2.45, 2.75) is 12.5 Å². The van der Waals surface area contributed by atoms with Crippen LogP contribution >= 0.6 is 0 Å². The monoisotopic (exact) mass is 227 g/mol. The van der Waals surface area contributed by atoms with E-state index in [0.717, 1.165) is 16.8 Å². The summed E-state index contributed by atoms with van der Waals surface area (Å²) >= 11 is 0. The molecule has 4 heteroatoms. The predicted molar refractivity (Wildman–Crippen MR) is 64.5 cm³/mol. The van der Waals surface area contributed by atoms with Crippen LogP contribution < -0.4 is 5.73 Å². The van der Waals surface area contributed by atoms with E-state index in [1.54, 1.807) is 6.26 Å². The predicted octanol–water partition coefficient (Wildman–Crippen LogP) is 2.17. The van der Waals surface area contributed by atoms with E-state index in [-0.39, 0.29) is 6.04 Å². The summed E-state index contributed by atoms with van der Waals surface area (Å²) in [5, 5.41) is 4.28. The van der Waals surface area contributed by atoms with Gasteiger partial charge in [-0.25, -0.2) is 4.52 Å². The zero-order valence-electron chi connectivity index (χ0n) is 9.28. The molecule has 0 amide bonds. The Kier molecular flexibility index (Phi) is 2.42. The van der Waals surface area contributed by atoms with Gasteiger partial charge in [0, 0.05) is 24.2 Å². The number of rotatable bonds is 3. The van der Waals surface area contributed by atoms with Crippen molar-refractivity contribution in [3.63, 3.8) is 0 Å². The fourth-order valence-corrected chi connectivity index (χ4v) is 2.00. The molecule has 1 atom stereocenters. The van der Waals surface area contributed by atoms with Gasteiger partial charge in [-0.05, 0) is 24.3 Å². The smallest absolute Gasteiger partial charge is 0.105 e. The van der Waals surface area contributed by atoms with Crippen molar-refractivity contribution in [3.05, 3.63) is 60.3 Å². The van der Waals surface area contributed by atoms with E-state index < -0.39 is 0 Å². The van der Waals surface area contributed by atoms with Crippen LogP contribution in [-0.4, -0.2) is 9.61 Å². The molecule has 1 unspecified atom stereocenters. The van der Waals surface area contributed by atoms with Gasteiger partial charge in [-0.1, -0.05) is 6.07 Å². The molecule has 0 aromatic carbocycles. The molecule has 2 N–H and O–H groups in total. The van der Waals surface area contributed by atoms with Gasteiger partial charge < -0.3 is 10.2 Å². The van der Waals surface area contributed by atoms with Crippen LogP contribution in [0, 0.1) is 0 Å². The van der Waals surface area contributed by atoms with Crippen LogP contribution in [0.4, 0.5) is 0 Å². The first kappa shape index (κ1) is 10.1. The third-order valence-corrected chi connectivity index (χ3v) is 2.86. The molecule has 3 heterocycles. The van der Waals surface area contributed by atoms with Crippen molar-refractivity contribution in [1.29, 1.82) is 0 Å². The fraction of sp³-hybridized carbons (Fsp3) is 0.154. The minimum absolute atomic E-state index is 0.0963. The Morgan fingerprint density at radius 3 is 3.06 bits per heavy atom. The fourth-order valence-electron chi connectivity index (χ4n) is 2.00. The molecule has 0 aliphatic rings. The Morgan fingerprint density at radius 2 is 2.24 bits per heavy atom. The van der Waals surface area contributed by atoms with Crippen LogP contribution in [0.5, 0.6) is 0 Å². The Morgan fingerprint density at radius 1 is 1.29 bits per heavy atom. The van der Waals surface area contributed by atoms with E-state index in [9.17, 15) is 0 Å². The average molecular weight is 227 g/mol. The SMILES string of the molecule is NC(Cc1ccco1)c1cnn2ccccc12. The Labute approximate surface area is 98.7 Å². The van der Waals surface area contributed by atoms with Gasteiger partial charge in [0.2, 0.25) is 0 Å². The largest absolute Gasteiger partial charge is 0.469 e. The standard InChI is InChI=1S/C13H13N3O/c14-12(8-10-4-3-7-17-10)11-9-15-16-6-2-1-5-13(11)16/h1-7,9,12H,8,14H2. The molecule has 0 spiro atoms. The number of furan rings is 1. The van der Waals surface area contributed by atoms with E-state index in [1.807, 2.05) is 47.2 Å². The third-order valence-electron chi connectivity index (χ3n) is 2.86. The van der Waals surface area contributed by atoms with Crippen LogP contribution in [-0.2, 0) is 6.42 Å². The second-order valence-corrected chi connectivity index (χ2v) is 4.02. The molecule has 0 aliphatic heterocycles. The summed E-state index contributed by atoms with van der Waals surface area (Å²) in [7, 11) is 0. The van der Waals surface area contributed by atoms with Crippen molar-refractivity contribution in [3.8, 4) is 0 Å². The molecule has 0 saturated heterocycles. The number of pyridine rings is 1. The number of nitrogens with zero attached hydrogens (tertiary/aromatic N) is 2. The molecule has 3 aromatic heterocycles. The van der Waals surface area contributed by atoms with Crippen molar-refractivity contribution in [2.24, 2.45) is 5.73 Å². The first-order chi connectivity index (χ1) is 8.34. The number of hydrogen-bond acceptors (Lipinski definition) is 3. The summed E-state index contributed by atoms with van der Waals surface area (Å²) in [5.41, 5.74) is 8.27. The summed E-state index contributed by atoms with van der Waals surface area (Å²) in [6.45, 7) is 0. The zero-order chi connectivity index (χ0) is 11.7. The summed E-state index contributed by atoms with van der Waals surface area (Å²) in [6, 6.07) is 9.66. The molecule has 86 valence electrons. The van der Waals surface area contributed by atoms with Crippen molar-refractivity contribution < 1.29 is 4.42 Å². The van der Waals surface area contributed by atoms with Gasteiger partial charge in [0.15, 0.2) is 0 Å². The molecule has 17 heavy (non-hydrogen) atoms. The number of nitrogens with two attached hydrogens (primary N) is 1. The summed E-state index contributed by atoms with van der Waals surface area (Å²) in [6.07, 6.45) is 6.09. The molecule has 0 bridgehead atoms. The number of aromatic nitrogens is 2. The van der Waals surface area contributed by atoms with E-state index in [1.165, 1.54) is 0 Å². The van der Waals surface area contributed by atoms with Crippen LogP contribution in [0.15, 0.2) is 53.4 Å². The maximum absolute atomic E-state index is 6.18. The summed E-state index contributed by atoms with van der Waals surface area (Å²) < 4.78 is 7.14. The average Bonchev–Trinajstić information content (AvgIpc) is 2.96. The maximum atomic E-state index is 6.18. The molecule has 3 aromatic rings.